The van der Waals surface area contributed by atoms with Gasteiger partial charge in [-0.25, -0.2) is 4.98 Å². The number of carbonyl (C=O) groups excluding carboxylic acids is 1. The lowest BCUT2D eigenvalue weighted by Gasteiger charge is -2.28. The molecule has 1 aliphatic heterocycles. The van der Waals surface area contributed by atoms with Crippen LogP contribution in [0.2, 0.25) is 0 Å². The van der Waals surface area contributed by atoms with Crippen LogP contribution < -0.4 is 10.2 Å². The summed E-state index contributed by atoms with van der Waals surface area (Å²) in [6, 6.07) is 11.9. The molecule has 1 atom stereocenters. The highest BCUT2D eigenvalue weighted by Gasteiger charge is 2.19. The summed E-state index contributed by atoms with van der Waals surface area (Å²) in [6.45, 7) is 8.83. The number of morpholine rings is 1. The third-order valence-electron chi connectivity index (χ3n) is 4.59. The molecule has 1 aliphatic rings. The number of aromatic nitrogens is 1. The third kappa shape index (κ3) is 4.83. The molecule has 0 aliphatic carbocycles. The first-order valence-electron chi connectivity index (χ1n) is 9.26. The van der Waals surface area contributed by atoms with Crippen molar-refractivity contribution in [2.24, 2.45) is 0 Å². The van der Waals surface area contributed by atoms with Crippen LogP contribution in [0.5, 0.6) is 0 Å². The first kappa shape index (κ1) is 20.2. The Balaban J connectivity index is 1.64. The van der Waals surface area contributed by atoms with Crippen LogP contribution >= 0.6 is 11.8 Å². The molecule has 1 aromatic carbocycles. The molecular formula is C21H24N4O2S. The number of nitriles is 1. The zero-order chi connectivity index (χ0) is 20.1. The third-order valence-corrected chi connectivity index (χ3v) is 5.68. The molecule has 1 saturated heterocycles. The minimum atomic E-state index is -0.375. The van der Waals surface area contributed by atoms with E-state index in [1.165, 1.54) is 11.8 Å². The number of hydrogen-bond donors (Lipinski definition) is 1. The van der Waals surface area contributed by atoms with Crippen molar-refractivity contribution in [1.29, 1.82) is 5.26 Å². The van der Waals surface area contributed by atoms with Crippen molar-refractivity contribution < 1.29 is 9.53 Å². The van der Waals surface area contributed by atoms with Crippen LogP contribution in [0.3, 0.4) is 0 Å². The van der Waals surface area contributed by atoms with Gasteiger partial charge in [0.25, 0.3) is 0 Å². The lowest BCUT2D eigenvalue weighted by molar-refractivity contribution is -0.115. The Morgan fingerprint density at radius 3 is 2.61 bits per heavy atom. The Morgan fingerprint density at radius 1 is 1.29 bits per heavy atom. The van der Waals surface area contributed by atoms with Crippen molar-refractivity contribution in [3.05, 3.63) is 47.2 Å². The molecule has 28 heavy (non-hydrogen) atoms. The van der Waals surface area contributed by atoms with E-state index in [-0.39, 0.29) is 11.2 Å². The Morgan fingerprint density at radius 2 is 1.96 bits per heavy atom. The SMILES string of the molecule is Cc1cc(C)c(C#N)c(SC(C)C(=O)Nc2ccc(N3CCOCC3)cc2)n1. The van der Waals surface area contributed by atoms with E-state index in [0.717, 1.165) is 48.9 Å². The summed E-state index contributed by atoms with van der Waals surface area (Å²) in [6.07, 6.45) is 0. The molecule has 1 amide bonds. The van der Waals surface area contributed by atoms with E-state index < -0.39 is 0 Å². The molecule has 0 radical (unpaired) electrons. The minimum Gasteiger partial charge on any atom is -0.378 e. The number of nitrogens with one attached hydrogen (secondary N) is 1. The quantitative estimate of drug-likeness (QED) is 0.779. The van der Waals surface area contributed by atoms with Crippen molar-refractivity contribution in [3.8, 4) is 6.07 Å². The normalized spacial score (nSPS) is 15.0. The van der Waals surface area contributed by atoms with Crippen LogP contribution in [0, 0.1) is 25.2 Å². The second kappa shape index (κ2) is 9.09. The van der Waals surface area contributed by atoms with Gasteiger partial charge in [-0.2, -0.15) is 5.26 Å². The fraction of sp³-hybridized carbons (Fsp3) is 0.381. The Hall–Kier alpha value is -2.56. The zero-order valence-electron chi connectivity index (χ0n) is 16.4. The van der Waals surface area contributed by atoms with Gasteiger partial charge in [0.05, 0.1) is 24.0 Å². The number of carbonyl (C=O) groups is 1. The average Bonchev–Trinajstić information content (AvgIpc) is 2.69. The second-order valence-electron chi connectivity index (χ2n) is 6.77. The topological polar surface area (TPSA) is 78.2 Å². The number of hydrogen-bond acceptors (Lipinski definition) is 6. The number of rotatable bonds is 5. The summed E-state index contributed by atoms with van der Waals surface area (Å²) < 4.78 is 5.38. The number of aryl methyl sites for hydroxylation is 2. The van der Waals surface area contributed by atoms with Gasteiger partial charge in [-0.1, -0.05) is 11.8 Å². The van der Waals surface area contributed by atoms with E-state index in [4.69, 9.17) is 4.74 Å². The summed E-state index contributed by atoms with van der Waals surface area (Å²) in [5.74, 6) is -0.117. The van der Waals surface area contributed by atoms with Crippen molar-refractivity contribution >= 4 is 29.0 Å². The van der Waals surface area contributed by atoms with E-state index in [2.05, 4.69) is 21.3 Å². The number of nitrogens with zero attached hydrogens (tertiary/aromatic N) is 3. The molecule has 3 rings (SSSR count). The van der Waals surface area contributed by atoms with Crippen LogP contribution in [-0.2, 0) is 9.53 Å². The Kier molecular flexibility index (Phi) is 6.55. The van der Waals surface area contributed by atoms with Crippen LogP contribution in [0.4, 0.5) is 11.4 Å². The number of pyridine rings is 1. The molecule has 6 nitrogen and oxygen atoms in total. The van der Waals surface area contributed by atoms with Gasteiger partial charge >= 0.3 is 0 Å². The molecule has 0 spiro atoms. The molecule has 0 saturated carbocycles. The van der Waals surface area contributed by atoms with E-state index in [0.29, 0.717) is 10.6 Å². The van der Waals surface area contributed by atoms with Gasteiger partial charge in [0.1, 0.15) is 11.1 Å². The Bertz CT molecular complexity index is 887. The number of anilines is 2. The molecule has 7 heteroatoms. The van der Waals surface area contributed by atoms with Crippen LogP contribution in [-0.4, -0.2) is 42.4 Å². The average molecular weight is 397 g/mol. The summed E-state index contributed by atoms with van der Waals surface area (Å²) in [7, 11) is 0. The van der Waals surface area contributed by atoms with E-state index in [1.54, 1.807) is 0 Å². The summed E-state index contributed by atoms with van der Waals surface area (Å²) in [5, 5.41) is 12.6. The van der Waals surface area contributed by atoms with E-state index in [9.17, 15) is 10.1 Å². The van der Waals surface area contributed by atoms with Crippen molar-refractivity contribution in [2.45, 2.75) is 31.0 Å². The Labute approximate surface area is 169 Å². The van der Waals surface area contributed by atoms with Crippen LogP contribution in [0.15, 0.2) is 35.4 Å². The smallest absolute Gasteiger partial charge is 0.237 e. The molecule has 2 heterocycles. The minimum absolute atomic E-state index is 0.117. The number of benzene rings is 1. The lowest BCUT2D eigenvalue weighted by atomic mass is 10.1. The molecular weight excluding hydrogens is 372 g/mol. The highest BCUT2D eigenvalue weighted by atomic mass is 32.2. The molecule has 1 fully saturated rings. The summed E-state index contributed by atoms with van der Waals surface area (Å²) in [4.78, 5) is 19.3. The highest BCUT2D eigenvalue weighted by Crippen LogP contribution is 2.28. The van der Waals surface area contributed by atoms with Crippen molar-refractivity contribution in [1.82, 2.24) is 4.98 Å². The van der Waals surface area contributed by atoms with Gasteiger partial charge in [-0.15, -0.1) is 0 Å². The monoisotopic (exact) mass is 396 g/mol. The maximum Gasteiger partial charge on any atom is 0.237 e. The molecule has 0 bridgehead atoms. The van der Waals surface area contributed by atoms with Gasteiger partial charge < -0.3 is 15.0 Å². The first-order chi connectivity index (χ1) is 13.5. The number of thioether (sulfide) groups is 1. The molecule has 1 unspecified atom stereocenters. The predicted octanol–water partition coefficient (Wildman–Crippen LogP) is 3.53. The molecule has 1 aromatic heterocycles. The van der Waals surface area contributed by atoms with Gasteiger partial charge in [0.2, 0.25) is 5.91 Å². The number of ether oxygens (including phenoxy) is 1. The van der Waals surface area contributed by atoms with Crippen LogP contribution in [0.1, 0.15) is 23.7 Å². The fourth-order valence-electron chi connectivity index (χ4n) is 3.07. The zero-order valence-corrected chi connectivity index (χ0v) is 17.2. The van der Waals surface area contributed by atoms with Gasteiger partial charge in [0, 0.05) is 30.2 Å². The molecule has 1 N–H and O–H groups in total. The fourth-order valence-corrected chi connectivity index (χ4v) is 4.09. The number of amides is 1. The van der Waals surface area contributed by atoms with Crippen molar-refractivity contribution in [2.75, 3.05) is 36.5 Å². The summed E-state index contributed by atoms with van der Waals surface area (Å²) >= 11 is 1.31. The van der Waals surface area contributed by atoms with Gasteiger partial charge in [0.15, 0.2) is 0 Å². The standard InChI is InChI=1S/C21H24N4O2S/c1-14-12-15(2)23-21(19(14)13-22)28-16(3)20(26)24-17-4-6-18(7-5-17)25-8-10-27-11-9-25/h4-7,12,16H,8-11H2,1-3H3,(H,24,26). The second-order valence-corrected chi connectivity index (χ2v) is 8.10. The largest absolute Gasteiger partial charge is 0.378 e. The first-order valence-corrected chi connectivity index (χ1v) is 10.1. The predicted molar refractivity (Wildman–Crippen MR) is 112 cm³/mol. The maximum absolute atomic E-state index is 12.6. The maximum atomic E-state index is 12.6. The highest BCUT2D eigenvalue weighted by molar-refractivity contribution is 8.00. The lowest BCUT2D eigenvalue weighted by Crippen LogP contribution is -2.36. The van der Waals surface area contributed by atoms with Gasteiger partial charge in [-0.3, -0.25) is 4.79 Å². The van der Waals surface area contributed by atoms with Crippen molar-refractivity contribution in [3.63, 3.8) is 0 Å². The summed E-state index contributed by atoms with van der Waals surface area (Å²) in [5.41, 5.74) is 4.13. The van der Waals surface area contributed by atoms with E-state index in [1.807, 2.05) is 51.1 Å². The molecule has 146 valence electrons. The van der Waals surface area contributed by atoms with E-state index >= 15 is 0 Å². The molecule has 2 aromatic rings. The van der Waals surface area contributed by atoms with Gasteiger partial charge in [-0.05, 0) is 56.7 Å². The van der Waals surface area contributed by atoms with Crippen LogP contribution in [0.25, 0.3) is 0 Å².